The molecule has 2 aliphatic carbocycles. The molecule has 82 valence electrons. The first-order valence-corrected chi connectivity index (χ1v) is 6.01. The molecule has 3 N–H and O–H groups in total. The highest BCUT2D eigenvalue weighted by Gasteiger charge is 2.21. The lowest BCUT2D eigenvalue weighted by molar-refractivity contribution is -0.0471. The molecule has 0 radical (unpaired) electrons. The second-order valence-electron chi connectivity index (χ2n) is 4.77. The van der Waals surface area contributed by atoms with Crippen LogP contribution in [-0.4, -0.2) is 18.2 Å². The first-order chi connectivity index (χ1) is 6.84. The average Bonchev–Trinajstić information content (AvgIpc) is 2.67. The van der Waals surface area contributed by atoms with E-state index in [0.717, 1.165) is 6.42 Å². The molecule has 14 heavy (non-hydrogen) atoms. The molecule has 2 rings (SSSR count). The van der Waals surface area contributed by atoms with Crippen molar-refractivity contribution >= 4 is 0 Å². The first-order valence-electron chi connectivity index (χ1n) is 6.01. The van der Waals surface area contributed by atoms with E-state index in [9.17, 15) is 0 Å². The number of hydrogen-bond acceptors (Lipinski definition) is 3. The Morgan fingerprint density at radius 1 is 1.00 bits per heavy atom. The van der Waals surface area contributed by atoms with E-state index in [-0.39, 0.29) is 0 Å². The summed E-state index contributed by atoms with van der Waals surface area (Å²) < 4.78 is 0. The van der Waals surface area contributed by atoms with Gasteiger partial charge in [0.05, 0.1) is 6.10 Å². The van der Waals surface area contributed by atoms with E-state index < -0.39 is 0 Å². The quantitative estimate of drug-likeness (QED) is 0.679. The van der Waals surface area contributed by atoms with Crippen molar-refractivity contribution in [1.29, 1.82) is 0 Å². The fourth-order valence-corrected chi connectivity index (χ4v) is 2.53. The summed E-state index contributed by atoms with van der Waals surface area (Å²) in [6, 6.07) is 0.882. The smallest absolute Gasteiger partial charge is 0.0790 e. The maximum Gasteiger partial charge on any atom is 0.0790 e. The zero-order valence-corrected chi connectivity index (χ0v) is 8.87. The van der Waals surface area contributed by atoms with Gasteiger partial charge in [0.15, 0.2) is 0 Å². The highest BCUT2D eigenvalue weighted by Crippen LogP contribution is 2.22. The molecule has 2 unspecified atom stereocenters. The highest BCUT2D eigenvalue weighted by atomic mass is 16.7. The molecule has 0 aromatic rings. The van der Waals surface area contributed by atoms with Crippen molar-refractivity contribution in [2.75, 3.05) is 0 Å². The van der Waals surface area contributed by atoms with Crippen LogP contribution in [0.3, 0.4) is 0 Å². The minimum atomic E-state index is 0.383. The summed E-state index contributed by atoms with van der Waals surface area (Å²) in [4.78, 5) is 5.69. The summed E-state index contributed by atoms with van der Waals surface area (Å²) in [7, 11) is 0. The highest BCUT2D eigenvalue weighted by molar-refractivity contribution is 4.78. The Labute approximate surface area is 86.3 Å². The van der Waals surface area contributed by atoms with Gasteiger partial charge < -0.3 is 5.73 Å². The molecule has 2 fully saturated rings. The van der Waals surface area contributed by atoms with E-state index >= 15 is 0 Å². The Hall–Kier alpha value is -0.120. The van der Waals surface area contributed by atoms with Gasteiger partial charge in [0.2, 0.25) is 0 Å². The van der Waals surface area contributed by atoms with Crippen LogP contribution in [0, 0.1) is 0 Å². The molecule has 2 aliphatic rings. The van der Waals surface area contributed by atoms with E-state index in [1.165, 1.54) is 44.9 Å². The first kappa shape index (κ1) is 10.4. The van der Waals surface area contributed by atoms with Gasteiger partial charge in [0, 0.05) is 12.1 Å². The molecule has 0 saturated heterocycles. The molecule has 0 aromatic carbocycles. The molecule has 2 saturated carbocycles. The second kappa shape index (κ2) is 5.10. The van der Waals surface area contributed by atoms with Crippen molar-refractivity contribution in [2.45, 2.75) is 69.6 Å². The van der Waals surface area contributed by atoms with Crippen LogP contribution in [0.5, 0.6) is 0 Å². The van der Waals surface area contributed by atoms with Crippen molar-refractivity contribution in [3.63, 3.8) is 0 Å². The molecule has 0 spiro atoms. The Bertz CT molecular complexity index is 169. The molecular formula is C11H22N2O. The molecule has 0 amide bonds. The topological polar surface area (TPSA) is 47.3 Å². The van der Waals surface area contributed by atoms with Gasteiger partial charge in [0.25, 0.3) is 0 Å². The summed E-state index contributed by atoms with van der Waals surface area (Å²) in [5.74, 6) is 0. The molecule has 3 heteroatoms. The van der Waals surface area contributed by atoms with E-state index in [0.29, 0.717) is 18.2 Å². The maximum absolute atomic E-state index is 5.91. The van der Waals surface area contributed by atoms with Gasteiger partial charge in [-0.15, -0.1) is 0 Å². The van der Waals surface area contributed by atoms with Crippen LogP contribution < -0.4 is 11.2 Å². The summed E-state index contributed by atoms with van der Waals surface area (Å²) >= 11 is 0. The SMILES string of the molecule is NC1CCCC(NOC2CCCC2)C1. The Morgan fingerprint density at radius 2 is 1.79 bits per heavy atom. The number of hydrogen-bond donors (Lipinski definition) is 2. The summed E-state index contributed by atoms with van der Waals surface area (Å²) in [5.41, 5.74) is 9.13. The third kappa shape index (κ3) is 2.94. The van der Waals surface area contributed by atoms with Gasteiger partial charge in [-0.3, -0.25) is 4.84 Å². The fourth-order valence-electron chi connectivity index (χ4n) is 2.53. The number of nitrogens with one attached hydrogen (secondary N) is 1. The van der Waals surface area contributed by atoms with Gasteiger partial charge in [-0.05, 0) is 32.1 Å². The number of hydroxylamine groups is 1. The molecule has 0 heterocycles. The van der Waals surface area contributed by atoms with E-state index in [1.54, 1.807) is 0 Å². The molecular weight excluding hydrogens is 176 g/mol. The van der Waals surface area contributed by atoms with Crippen molar-refractivity contribution in [3.8, 4) is 0 Å². The lowest BCUT2D eigenvalue weighted by Gasteiger charge is -2.28. The van der Waals surface area contributed by atoms with Crippen LogP contribution >= 0.6 is 0 Å². The number of nitrogens with two attached hydrogens (primary N) is 1. The lowest BCUT2D eigenvalue weighted by Crippen LogP contribution is -2.40. The zero-order valence-electron chi connectivity index (χ0n) is 8.87. The van der Waals surface area contributed by atoms with Gasteiger partial charge >= 0.3 is 0 Å². The van der Waals surface area contributed by atoms with Crippen molar-refractivity contribution in [1.82, 2.24) is 5.48 Å². The molecule has 0 aliphatic heterocycles. The van der Waals surface area contributed by atoms with Crippen molar-refractivity contribution < 1.29 is 4.84 Å². The Balaban J connectivity index is 1.64. The largest absolute Gasteiger partial charge is 0.328 e. The summed E-state index contributed by atoms with van der Waals surface area (Å²) in [5, 5.41) is 0. The molecule has 0 bridgehead atoms. The normalized spacial score (nSPS) is 34.9. The second-order valence-corrected chi connectivity index (χ2v) is 4.77. The summed E-state index contributed by atoms with van der Waals surface area (Å²) in [6.45, 7) is 0. The van der Waals surface area contributed by atoms with Crippen LogP contribution in [-0.2, 0) is 4.84 Å². The third-order valence-corrected chi connectivity index (χ3v) is 3.42. The van der Waals surface area contributed by atoms with Gasteiger partial charge in [-0.2, -0.15) is 5.48 Å². The molecule has 3 nitrogen and oxygen atoms in total. The van der Waals surface area contributed by atoms with Gasteiger partial charge in [-0.1, -0.05) is 19.3 Å². The standard InChI is InChI=1S/C11H22N2O/c12-9-4-3-5-10(8-9)13-14-11-6-1-2-7-11/h9-11,13H,1-8,12H2. The third-order valence-electron chi connectivity index (χ3n) is 3.42. The van der Waals surface area contributed by atoms with Crippen LogP contribution in [0.2, 0.25) is 0 Å². The fraction of sp³-hybridized carbons (Fsp3) is 1.00. The summed E-state index contributed by atoms with van der Waals surface area (Å²) in [6.07, 6.45) is 10.3. The molecule has 2 atom stereocenters. The minimum Gasteiger partial charge on any atom is -0.328 e. The minimum absolute atomic E-state index is 0.383. The van der Waals surface area contributed by atoms with E-state index in [1.807, 2.05) is 0 Å². The van der Waals surface area contributed by atoms with Crippen LogP contribution in [0.15, 0.2) is 0 Å². The maximum atomic E-state index is 5.91. The Kier molecular flexibility index (Phi) is 3.79. The van der Waals surface area contributed by atoms with Crippen LogP contribution in [0.25, 0.3) is 0 Å². The Morgan fingerprint density at radius 3 is 2.50 bits per heavy atom. The average molecular weight is 198 g/mol. The van der Waals surface area contributed by atoms with Gasteiger partial charge in [-0.25, -0.2) is 0 Å². The number of rotatable bonds is 3. The monoisotopic (exact) mass is 198 g/mol. The van der Waals surface area contributed by atoms with E-state index in [4.69, 9.17) is 10.6 Å². The van der Waals surface area contributed by atoms with Crippen molar-refractivity contribution in [3.05, 3.63) is 0 Å². The van der Waals surface area contributed by atoms with Gasteiger partial charge in [0.1, 0.15) is 0 Å². The zero-order chi connectivity index (χ0) is 9.80. The predicted octanol–water partition coefficient (Wildman–Crippen LogP) is 1.72. The van der Waals surface area contributed by atoms with Crippen LogP contribution in [0.4, 0.5) is 0 Å². The van der Waals surface area contributed by atoms with Crippen molar-refractivity contribution in [2.24, 2.45) is 5.73 Å². The lowest BCUT2D eigenvalue weighted by atomic mass is 9.92. The van der Waals surface area contributed by atoms with Crippen LogP contribution in [0.1, 0.15) is 51.4 Å². The van der Waals surface area contributed by atoms with E-state index in [2.05, 4.69) is 5.48 Å². The predicted molar refractivity (Wildman–Crippen MR) is 56.7 cm³/mol. The molecule has 0 aromatic heterocycles.